The maximum atomic E-state index is 12.8. The molecule has 0 saturated carbocycles. The number of nitrogens with one attached hydrogen (secondary N) is 1. The van der Waals surface area contributed by atoms with Crippen LogP contribution in [0, 0.1) is 13.8 Å². The number of furan rings is 1. The van der Waals surface area contributed by atoms with Crippen LogP contribution in [0.3, 0.4) is 0 Å². The van der Waals surface area contributed by atoms with Gasteiger partial charge in [-0.15, -0.1) is 11.3 Å². The summed E-state index contributed by atoms with van der Waals surface area (Å²) in [5.74, 6) is 1.17. The third-order valence-corrected chi connectivity index (χ3v) is 6.69. The fraction of sp³-hybridized carbons (Fsp3) is 0.250. The highest BCUT2D eigenvalue weighted by Crippen LogP contribution is 2.34. The molecule has 0 spiro atoms. The van der Waals surface area contributed by atoms with E-state index in [4.69, 9.17) is 4.42 Å². The lowest BCUT2D eigenvalue weighted by molar-refractivity contribution is 0.102. The summed E-state index contributed by atoms with van der Waals surface area (Å²) in [4.78, 5) is 16.6. The molecule has 1 aliphatic rings. The number of halogens is 1. The first-order valence-corrected chi connectivity index (χ1v) is 10.2. The number of fused-ring (bicyclic) bond motifs is 1. The molecule has 4 nitrogen and oxygen atoms in total. The number of hydrogen-bond acceptors (Lipinski definition) is 4. The summed E-state index contributed by atoms with van der Waals surface area (Å²) in [6, 6.07) is 10.2. The van der Waals surface area contributed by atoms with Gasteiger partial charge < -0.3 is 14.6 Å². The predicted molar refractivity (Wildman–Crippen MR) is 109 cm³/mol. The highest BCUT2D eigenvalue weighted by molar-refractivity contribution is 9.10. The summed E-state index contributed by atoms with van der Waals surface area (Å²) >= 11 is 5.29. The predicted octanol–water partition coefficient (Wildman–Crippen LogP) is 5.54. The van der Waals surface area contributed by atoms with Crippen LogP contribution in [0.4, 0.5) is 11.4 Å². The number of carbonyl (C=O) groups excluding carboxylic acids is 1. The van der Waals surface area contributed by atoms with Gasteiger partial charge in [-0.3, -0.25) is 4.79 Å². The molecule has 3 aromatic rings. The summed E-state index contributed by atoms with van der Waals surface area (Å²) < 4.78 is 6.28. The third-order valence-electron chi connectivity index (χ3n) is 4.71. The van der Waals surface area contributed by atoms with Crippen molar-refractivity contribution in [2.24, 2.45) is 0 Å². The molecule has 0 fully saturated rings. The van der Waals surface area contributed by atoms with Crippen molar-refractivity contribution < 1.29 is 9.21 Å². The van der Waals surface area contributed by atoms with Gasteiger partial charge in [0.25, 0.3) is 5.91 Å². The van der Waals surface area contributed by atoms with E-state index in [1.165, 1.54) is 10.4 Å². The Hall–Kier alpha value is -2.05. The SMILES string of the molecule is Cc1oc(C)c(C(=O)Nc2ccccc2N2CCc3sccc3C2)c1Br. The van der Waals surface area contributed by atoms with Crippen molar-refractivity contribution in [1.82, 2.24) is 0 Å². The van der Waals surface area contributed by atoms with Crippen molar-refractivity contribution in [3.63, 3.8) is 0 Å². The van der Waals surface area contributed by atoms with Crippen LogP contribution < -0.4 is 10.2 Å². The summed E-state index contributed by atoms with van der Waals surface area (Å²) in [6.45, 7) is 5.47. The molecule has 1 amide bonds. The van der Waals surface area contributed by atoms with Gasteiger partial charge >= 0.3 is 0 Å². The minimum absolute atomic E-state index is 0.160. The maximum absolute atomic E-state index is 12.8. The highest BCUT2D eigenvalue weighted by atomic mass is 79.9. The molecular weight excluding hydrogens is 412 g/mol. The molecule has 0 atom stereocenters. The van der Waals surface area contributed by atoms with Crippen molar-refractivity contribution in [2.75, 3.05) is 16.8 Å². The number of thiophene rings is 1. The van der Waals surface area contributed by atoms with Gasteiger partial charge in [-0.05, 0) is 65.3 Å². The standard InChI is InChI=1S/C20H19BrN2O2S/c1-12-18(19(21)13(2)25-12)20(24)22-15-5-3-4-6-16(15)23-9-7-17-14(11-23)8-10-26-17/h3-6,8,10H,7,9,11H2,1-2H3,(H,22,24). The molecule has 0 bridgehead atoms. The first-order chi connectivity index (χ1) is 12.5. The van der Waals surface area contributed by atoms with Crippen LogP contribution in [0.25, 0.3) is 0 Å². The van der Waals surface area contributed by atoms with Crippen LogP contribution in [0.15, 0.2) is 44.6 Å². The van der Waals surface area contributed by atoms with E-state index >= 15 is 0 Å². The lowest BCUT2D eigenvalue weighted by Gasteiger charge is -2.30. The Labute approximate surface area is 165 Å². The smallest absolute Gasteiger partial charge is 0.260 e. The molecular formula is C20H19BrN2O2S. The zero-order valence-electron chi connectivity index (χ0n) is 14.6. The number of hydrogen-bond donors (Lipinski definition) is 1. The van der Waals surface area contributed by atoms with E-state index in [0.29, 0.717) is 21.6 Å². The Morgan fingerprint density at radius 2 is 2.04 bits per heavy atom. The van der Waals surface area contributed by atoms with E-state index in [2.05, 4.69) is 43.7 Å². The van der Waals surface area contributed by atoms with E-state index in [1.807, 2.05) is 36.5 Å². The Bertz CT molecular complexity index is 976. The highest BCUT2D eigenvalue weighted by Gasteiger charge is 2.23. The zero-order chi connectivity index (χ0) is 18.3. The number of anilines is 2. The van der Waals surface area contributed by atoms with Crippen molar-refractivity contribution in [2.45, 2.75) is 26.8 Å². The lowest BCUT2D eigenvalue weighted by Crippen LogP contribution is -2.30. The largest absolute Gasteiger partial charge is 0.465 e. The number of benzene rings is 1. The molecule has 0 unspecified atom stereocenters. The van der Waals surface area contributed by atoms with Crippen molar-refractivity contribution in [1.29, 1.82) is 0 Å². The van der Waals surface area contributed by atoms with E-state index < -0.39 is 0 Å². The minimum atomic E-state index is -0.160. The Morgan fingerprint density at radius 1 is 1.23 bits per heavy atom. The molecule has 0 saturated heterocycles. The van der Waals surface area contributed by atoms with Gasteiger partial charge in [0.1, 0.15) is 11.5 Å². The topological polar surface area (TPSA) is 45.5 Å². The van der Waals surface area contributed by atoms with E-state index in [9.17, 15) is 4.79 Å². The fourth-order valence-electron chi connectivity index (χ4n) is 3.41. The summed E-state index contributed by atoms with van der Waals surface area (Å²) in [7, 11) is 0. The number of carbonyl (C=O) groups is 1. The Kier molecular flexibility index (Phi) is 4.63. The minimum Gasteiger partial charge on any atom is -0.465 e. The second-order valence-corrected chi connectivity index (χ2v) is 8.21. The van der Waals surface area contributed by atoms with E-state index in [0.717, 1.165) is 30.9 Å². The Morgan fingerprint density at radius 3 is 2.81 bits per heavy atom. The first kappa shape index (κ1) is 17.4. The Balaban J connectivity index is 1.61. The van der Waals surface area contributed by atoms with Gasteiger partial charge in [0.2, 0.25) is 0 Å². The molecule has 26 heavy (non-hydrogen) atoms. The zero-order valence-corrected chi connectivity index (χ0v) is 17.0. The molecule has 6 heteroatoms. The quantitative estimate of drug-likeness (QED) is 0.593. The van der Waals surface area contributed by atoms with Gasteiger partial charge in [0.05, 0.1) is 21.4 Å². The molecule has 2 aromatic heterocycles. The molecule has 0 aliphatic carbocycles. The van der Waals surface area contributed by atoms with Gasteiger partial charge in [-0.25, -0.2) is 0 Å². The number of rotatable bonds is 3. The normalized spacial score (nSPS) is 13.6. The number of para-hydroxylation sites is 2. The van der Waals surface area contributed by atoms with Gasteiger partial charge in [-0.1, -0.05) is 12.1 Å². The van der Waals surface area contributed by atoms with Gasteiger partial charge in [0.15, 0.2) is 0 Å². The van der Waals surface area contributed by atoms with Crippen LogP contribution in [-0.4, -0.2) is 12.5 Å². The molecule has 0 radical (unpaired) electrons. The van der Waals surface area contributed by atoms with Gasteiger partial charge in [-0.2, -0.15) is 0 Å². The fourth-order valence-corrected chi connectivity index (χ4v) is 4.84. The molecule has 134 valence electrons. The van der Waals surface area contributed by atoms with Crippen LogP contribution in [0.5, 0.6) is 0 Å². The first-order valence-electron chi connectivity index (χ1n) is 8.50. The van der Waals surface area contributed by atoms with Crippen molar-refractivity contribution >= 4 is 44.5 Å². The van der Waals surface area contributed by atoms with Crippen LogP contribution in [0.2, 0.25) is 0 Å². The van der Waals surface area contributed by atoms with Gasteiger partial charge in [0, 0.05) is 18.0 Å². The maximum Gasteiger partial charge on any atom is 0.260 e. The van der Waals surface area contributed by atoms with Crippen LogP contribution in [0.1, 0.15) is 32.3 Å². The molecule has 4 rings (SSSR count). The molecule has 1 N–H and O–H groups in total. The average molecular weight is 431 g/mol. The second-order valence-electron chi connectivity index (χ2n) is 6.42. The monoisotopic (exact) mass is 430 g/mol. The number of amides is 1. The number of nitrogens with zero attached hydrogens (tertiary/aromatic N) is 1. The molecule has 3 heterocycles. The molecule has 1 aliphatic heterocycles. The van der Waals surface area contributed by atoms with E-state index in [-0.39, 0.29) is 5.91 Å². The third kappa shape index (κ3) is 3.08. The number of aryl methyl sites for hydroxylation is 2. The van der Waals surface area contributed by atoms with Crippen LogP contribution >= 0.6 is 27.3 Å². The average Bonchev–Trinajstić information content (AvgIpc) is 3.19. The lowest BCUT2D eigenvalue weighted by atomic mass is 10.1. The second kappa shape index (κ2) is 6.93. The summed E-state index contributed by atoms with van der Waals surface area (Å²) in [5.41, 5.74) is 3.80. The van der Waals surface area contributed by atoms with Crippen molar-refractivity contribution in [3.05, 3.63) is 67.7 Å². The van der Waals surface area contributed by atoms with E-state index in [1.54, 1.807) is 6.92 Å². The van der Waals surface area contributed by atoms with Crippen LogP contribution in [-0.2, 0) is 13.0 Å². The van der Waals surface area contributed by atoms with Crippen molar-refractivity contribution in [3.8, 4) is 0 Å². The summed E-state index contributed by atoms with van der Waals surface area (Å²) in [5, 5.41) is 5.23. The summed E-state index contributed by atoms with van der Waals surface area (Å²) in [6.07, 6.45) is 1.04. The molecule has 1 aromatic carbocycles.